The monoisotopic (exact) mass is 292 g/mol. The first-order valence-electron chi connectivity index (χ1n) is 8.06. The fraction of sp³-hybridized carbons (Fsp3) is 0.647. The van der Waals surface area contributed by atoms with E-state index in [0.29, 0.717) is 0 Å². The molecule has 2 nitrogen and oxygen atoms in total. The van der Waals surface area contributed by atoms with Crippen molar-refractivity contribution in [3.8, 4) is 0 Å². The van der Waals surface area contributed by atoms with Crippen molar-refractivity contribution in [2.24, 2.45) is 5.92 Å². The lowest BCUT2D eigenvalue weighted by Gasteiger charge is -2.44. The number of anilines is 1. The molecule has 1 heterocycles. The summed E-state index contributed by atoms with van der Waals surface area (Å²) < 4.78 is 0. The number of nitrogens with zero attached hydrogens (tertiary/aromatic N) is 1. The Bertz CT molecular complexity index is 416. The van der Waals surface area contributed by atoms with Gasteiger partial charge in [0.1, 0.15) is 0 Å². The van der Waals surface area contributed by atoms with Gasteiger partial charge in [-0.3, -0.25) is 4.90 Å². The third-order valence-electron chi connectivity index (χ3n) is 4.93. The van der Waals surface area contributed by atoms with Crippen molar-refractivity contribution >= 4 is 17.3 Å². The summed E-state index contributed by atoms with van der Waals surface area (Å²) in [6.45, 7) is 3.50. The molecule has 0 bridgehead atoms. The second-order valence-corrected chi connectivity index (χ2v) is 6.66. The maximum absolute atomic E-state index is 5.91. The first kappa shape index (κ1) is 14.2. The molecule has 1 saturated carbocycles. The normalized spacial score (nSPS) is 27.1. The molecule has 110 valence electrons. The van der Waals surface area contributed by atoms with Crippen LogP contribution in [0.4, 0.5) is 5.69 Å². The molecular weight excluding hydrogens is 268 g/mol. The van der Waals surface area contributed by atoms with Crippen LogP contribution in [0.15, 0.2) is 24.3 Å². The Morgan fingerprint density at radius 2 is 1.80 bits per heavy atom. The van der Waals surface area contributed by atoms with Gasteiger partial charge >= 0.3 is 0 Å². The van der Waals surface area contributed by atoms with Gasteiger partial charge in [-0.1, -0.05) is 24.4 Å². The molecule has 2 unspecified atom stereocenters. The smallest absolute Gasteiger partial charge is 0.0407 e. The summed E-state index contributed by atoms with van der Waals surface area (Å²) in [5, 5.41) is 4.32. The molecule has 0 radical (unpaired) electrons. The quantitative estimate of drug-likeness (QED) is 0.884. The second kappa shape index (κ2) is 6.82. The lowest BCUT2D eigenvalue weighted by atomic mass is 9.78. The highest BCUT2D eigenvalue weighted by molar-refractivity contribution is 6.30. The zero-order valence-corrected chi connectivity index (χ0v) is 12.9. The van der Waals surface area contributed by atoms with E-state index < -0.39 is 0 Å². The number of likely N-dealkylation sites (tertiary alicyclic amines) is 1. The highest BCUT2D eigenvalue weighted by Crippen LogP contribution is 2.34. The van der Waals surface area contributed by atoms with E-state index in [-0.39, 0.29) is 0 Å². The van der Waals surface area contributed by atoms with Crippen LogP contribution in [0.2, 0.25) is 5.02 Å². The van der Waals surface area contributed by atoms with Gasteiger partial charge in [-0.05, 0) is 62.4 Å². The zero-order chi connectivity index (χ0) is 13.8. The van der Waals surface area contributed by atoms with E-state index in [9.17, 15) is 0 Å². The van der Waals surface area contributed by atoms with Crippen LogP contribution in [-0.4, -0.2) is 30.6 Å². The molecule has 1 saturated heterocycles. The summed E-state index contributed by atoms with van der Waals surface area (Å²) in [4.78, 5) is 2.73. The van der Waals surface area contributed by atoms with Gasteiger partial charge in [-0.15, -0.1) is 0 Å². The molecule has 1 aromatic carbocycles. The van der Waals surface area contributed by atoms with Crippen LogP contribution in [0.25, 0.3) is 0 Å². The average molecular weight is 293 g/mol. The van der Waals surface area contributed by atoms with E-state index in [4.69, 9.17) is 11.6 Å². The van der Waals surface area contributed by atoms with Crippen molar-refractivity contribution in [3.63, 3.8) is 0 Å². The lowest BCUT2D eigenvalue weighted by molar-refractivity contribution is 0.0645. The molecule has 1 aliphatic heterocycles. The fourth-order valence-corrected chi connectivity index (χ4v) is 4.04. The van der Waals surface area contributed by atoms with Crippen molar-refractivity contribution in [2.45, 2.75) is 44.6 Å². The Labute approximate surface area is 127 Å². The summed E-state index contributed by atoms with van der Waals surface area (Å²) in [6, 6.07) is 8.87. The third-order valence-corrected chi connectivity index (χ3v) is 5.18. The third kappa shape index (κ3) is 3.48. The van der Waals surface area contributed by atoms with Crippen molar-refractivity contribution in [2.75, 3.05) is 25.0 Å². The van der Waals surface area contributed by atoms with Gasteiger partial charge in [0.05, 0.1) is 0 Å². The minimum atomic E-state index is 0.802. The van der Waals surface area contributed by atoms with Gasteiger partial charge in [0.2, 0.25) is 0 Å². The number of rotatable bonds is 4. The molecule has 2 fully saturated rings. The average Bonchev–Trinajstić information content (AvgIpc) is 2.49. The van der Waals surface area contributed by atoms with Crippen LogP contribution >= 0.6 is 11.6 Å². The summed E-state index contributed by atoms with van der Waals surface area (Å²) in [5.74, 6) is 0.980. The molecule has 1 aliphatic carbocycles. The Morgan fingerprint density at radius 1 is 1.05 bits per heavy atom. The van der Waals surface area contributed by atoms with Gasteiger partial charge in [0.15, 0.2) is 0 Å². The van der Waals surface area contributed by atoms with E-state index in [1.165, 1.54) is 57.3 Å². The standard InChI is InChI=1S/C17H25ClN2/c18-15-7-9-16(10-8-15)19-11-13-20-12-3-5-14-4-1-2-6-17(14)20/h7-10,14,17,19H,1-6,11-13H2. The second-order valence-electron chi connectivity index (χ2n) is 6.22. The van der Waals surface area contributed by atoms with Crippen LogP contribution in [0.5, 0.6) is 0 Å². The van der Waals surface area contributed by atoms with Gasteiger partial charge in [-0.25, -0.2) is 0 Å². The van der Waals surface area contributed by atoms with Crippen LogP contribution in [0.1, 0.15) is 38.5 Å². The first-order chi connectivity index (χ1) is 9.83. The topological polar surface area (TPSA) is 15.3 Å². The Morgan fingerprint density at radius 3 is 2.65 bits per heavy atom. The summed E-state index contributed by atoms with van der Waals surface area (Å²) in [6.07, 6.45) is 8.63. The molecule has 0 aromatic heterocycles. The van der Waals surface area contributed by atoms with E-state index >= 15 is 0 Å². The van der Waals surface area contributed by atoms with E-state index in [1.807, 2.05) is 12.1 Å². The van der Waals surface area contributed by atoms with Gasteiger partial charge < -0.3 is 5.32 Å². The Hall–Kier alpha value is -0.730. The molecule has 3 heteroatoms. The van der Waals surface area contributed by atoms with E-state index in [0.717, 1.165) is 23.5 Å². The number of piperidine rings is 1. The first-order valence-corrected chi connectivity index (χ1v) is 8.44. The highest BCUT2D eigenvalue weighted by Gasteiger charge is 2.32. The molecule has 0 amide bonds. The van der Waals surface area contributed by atoms with Crippen LogP contribution in [0.3, 0.4) is 0 Å². The predicted molar refractivity (Wildman–Crippen MR) is 86.5 cm³/mol. The summed E-state index contributed by atoms with van der Waals surface area (Å²) in [7, 11) is 0. The molecule has 0 spiro atoms. The van der Waals surface area contributed by atoms with Crippen molar-refractivity contribution in [3.05, 3.63) is 29.3 Å². The van der Waals surface area contributed by atoms with Crippen molar-refractivity contribution < 1.29 is 0 Å². The van der Waals surface area contributed by atoms with Gasteiger partial charge in [0, 0.05) is 29.8 Å². The van der Waals surface area contributed by atoms with Crippen LogP contribution < -0.4 is 5.32 Å². The molecule has 20 heavy (non-hydrogen) atoms. The minimum absolute atomic E-state index is 0.802. The fourth-order valence-electron chi connectivity index (χ4n) is 3.92. The van der Waals surface area contributed by atoms with Gasteiger partial charge in [-0.2, -0.15) is 0 Å². The van der Waals surface area contributed by atoms with Crippen LogP contribution in [-0.2, 0) is 0 Å². The molecule has 3 rings (SSSR count). The number of halogens is 1. The highest BCUT2D eigenvalue weighted by atomic mass is 35.5. The van der Waals surface area contributed by atoms with Gasteiger partial charge in [0.25, 0.3) is 0 Å². The Balaban J connectivity index is 1.48. The van der Waals surface area contributed by atoms with Crippen molar-refractivity contribution in [1.29, 1.82) is 0 Å². The molecule has 1 aromatic rings. The Kier molecular flexibility index (Phi) is 4.85. The largest absolute Gasteiger partial charge is 0.384 e. The number of fused-ring (bicyclic) bond motifs is 1. The van der Waals surface area contributed by atoms with Crippen LogP contribution in [0, 0.1) is 5.92 Å². The SMILES string of the molecule is Clc1ccc(NCCN2CCCC3CCCCC32)cc1. The predicted octanol–water partition coefficient (Wildman–Crippen LogP) is 4.41. The van der Waals surface area contributed by atoms with E-state index in [2.05, 4.69) is 22.3 Å². The number of hydrogen-bond acceptors (Lipinski definition) is 2. The van der Waals surface area contributed by atoms with E-state index in [1.54, 1.807) is 0 Å². The maximum Gasteiger partial charge on any atom is 0.0407 e. The number of benzene rings is 1. The molecule has 2 atom stereocenters. The number of nitrogens with one attached hydrogen (secondary N) is 1. The summed E-state index contributed by atoms with van der Waals surface area (Å²) in [5.41, 5.74) is 1.17. The minimum Gasteiger partial charge on any atom is -0.384 e. The molecule has 2 aliphatic rings. The maximum atomic E-state index is 5.91. The van der Waals surface area contributed by atoms with Crippen molar-refractivity contribution in [1.82, 2.24) is 4.90 Å². The molecule has 1 N–H and O–H groups in total. The number of hydrogen-bond donors (Lipinski definition) is 1. The zero-order valence-electron chi connectivity index (χ0n) is 12.2. The summed E-state index contributed by atoms with van der Waals surface area (Å²) >= 11 is 5.91. The lowest BCUT2D eigenvalue weighted by Crippen LogP contribution is -2.48. The molecular formula is C17H25ClN2.